The van der Waals surface area contributed by atoms with Crippen LogP contribution in [0.4, 0.5) is 0 Å². The lowest BCUT2D eigenvalue weighted by atomic mass is 10.0. The van der Waals surface area contributed by atoms with Crippen molar-refractivity contribution >= 4 is 19.8 Å². The molecular weight excluding hydrogens is 737 g/mol. The monoisotopic (exact) mass is 826 g/mol. The minimum Gasteiger partial charge on any atom is -0.462 e. The van der Waals surface area contributed by atoms with Gasteiger partial charge in [0.15, 0.2) is 6.10 Å². The summed E-state index contributed by atoms with van der Waals surface area (Å²) in [6.07, 6.45) is 48.9. The first kappa shape index (κ1) is 55.2. The first-order chi connectivity index (χ1) is 27.8. The Labute approximate surface area is 350 Å². The van der Waals surface area contributed by atoms with Crippen molar-refractivity contribution in [3.8, 4) is 0 Å². The van der Waals surface area contributed by atoms with Gasteiger partial charge in [0, 0.05) is 19.4 Å². The van der Waals surface area contributed by atoms with E-state index < -0.39 is 26.5 Å². The highest BCUT2D eigenvalue weighted by Crippen LogP contribution is 2.43. The normalized spacial score (nSPS) is 13.5. The van der Waals surface area contributed by atoms with E-state index in [4.69, 9.17) is 24.3 Å². The number of esters is 2. The number of phosphoric acid groups is 1. The third-order valence-corrected chi connectivity index (χ3v) is 11.0. The first-order valence-corrected chi connectivity index (χ1v) is 25.0. The van der Waals surface area contributed by atoms with Crippen molar-refractivity contribution in [3.63, 3.8) is 0 Å². The van der Waals surface area contributed by atoms with E-state index in [9.17, 15) is 19.0 Å². The molecule has 0 heterocycles. The van der Waals surface area contributed by atoms with E-state index in [0.29, 0.717) is 6.42 Å². The van der Waals surface area contributed by atoms with Gasteiger partial charge in [0.05, 0.1) is 13.2 Å². The van der Waals surface area contributed by atoms with Crippen molar-refractivity contribution in [3.05, 3.63) is 36.5 Å². The maximum absolute atomic E-state index is 12.6. The van der Waals surface area contributed by atoms with Crippen molar-refractivity contribution in [1.29, 1.82) is 0 Å². The number of phosphoric ester groups is 1. The second-order valence-corrected chi connectivity index (χ2v) is 17.1. The fourth-order valence-corrected chi connectivity index (χ4v) is 7.27. The topological polar surface area (TPSA) is 134 Å². The summed E-state index contributed by atoms with van der Waals surface area (Å²) in [5.41, 5.74) is 5.35. The van der Waals surface area contributed by atoms with E-state index in [1.54, 1.807) is 0 Å². The Morgan fingerprint density at radius 3 is 1.37 bits per heavy atom. The predicted octanol–water partition coefficient (Wildman–Crippen LogP) is 13.7. The second kappa shape index (κ2) is 43.8. The van der Waals surface area contributed by atoms with Crippen molar-refractivity contribution in [1.82, 2.24) is 0 Å². The van der Waals surface area contributed by atoms with Crippen LogP contribution in [-0.2, 0) is 32.7 Å². The molecule has 334 valence electrons. The number of carbonyl (C=O) groups excluding carboxylic acids is 2. The first-order valence-electron chi connectivity index (χ1n) is 23.5. The van der Waals surface area contributed by atoms with Gasteiger partial charge >= 0.3 is 19.8 Å². The number of hydrogen-bond acceptors (Lipinski definition) is 8. The van der Waals surface area contributed by atoms with Crippen LogP contribution in [0.15, 0.2) is 36.5 Å². The highest BCUT2D eigenvalue weighted by atomic mass is 31.2. The van der Waals surface area contributed by atoms with Gasteiger partial charge in [-0.3, -0.25) is 18.6 Å². The average Bonchev–Trinajstić information content (AvgIpc) is 3.20. The fourth-order valence-electron chi connectivity index (χ4n) is 6.50. The third kappa shape index (κ3) is 43.6. The smallest absolute Gasteiger partial charge is 0.462 e. The molecule has 10 heteroatoms. The maximum atomic E-state index is 12.6. The van der Waals surface area contributed by atoms with Gasteiger partial charge in [-0.25, -0.2) is 4.57 Å². The van der Waals surface area contributed by atoms with Crippen LogP contribution in [-0.4, -0.2) is 49.3 Å². The number of rotatable bonds is 44. The van der Waals surface area contributed by atoms with E-state index in [2.05, 4.69) is 50.3 Å². The Morgan fingerprint density at radius 2 is 0.912 bits per heavy atom. The van der Waals surface area contributed by atoms with Gasteiger partial charge in [-0.15, -0.1) is 0 Å². The molecule has 0 saturated carbocycles. The molecule has 2 atom stereocenters. The Balaban J connectivity index is 4.08. The standard InChI is InChI=1S/C47H88NO8P/c1-3-5-7-9-11-13-15-17-19-20-21-22-23-24-26-27-29-31-33-35-37-39-46(49)53-43-45(44-55-57(51,52)54-42-41-48)56-47(50)40-38-36-34-32-30-28-25-18-16-14-12-10-8-6-4-2/h14,16-19,25,45H,3-13,15,20-24,26-44,48H2,1-2H3,(H,51,52)/b16-14+,19-17+,25-18+/t45-/m0/s1. The molecule has 0 spiro atoms. The Morgan fingerprint density at radius 1 is 0.526 bits per heavy atom. The zero-order chi connectivity index (χ0) is 41.8. The summed E-state index contributed by atoms with van der Waals surface area (Å²) >= 11 is 0. The zero-order valence-corrected chi connectivity index (χ0v) is 37.7. The number of hydrogen-bond donors (Lipinski definition) is 2. The van der Waals surface area contributed by atoms with Crippen LogP contribution < -0.4 is 5.73 Å². The van der Waals surface area contributed by atoms with Crippen molar-refractivity contribution < 1.29 is 37.6 Å². The van der Waals surface area contributed by atoms with E-state index in [1.165, 1.54) is 128 Å². The van der Waals surface area contributed by atoms with Gasteiger partial charge < -0.3 is 20.1 Å². The molecule has 0 aliphatic heterocycles. The molecule has 0 saturated heterocycles. The minimum absolute atomic E-state index is 0.0507. The van der Waals surface area contributed by atoms with Crippen LogP contribution in [0, 0.1) is 0 Å². The molecule has 0 fully saturated rings. The van der Waals surface area contributed by atoms with E-state index in [-0.39, 0.29) is 38.6 Å². The summed E-state index contributed by atoms with van der Waals surface area (Å²) in [6.45, 7) is 3.71. The van der Waals surface area contributed by atoms with Crippen LogP contribution in [0.25, 0.3) is 0 Å². The third-order valence-electron chi connectivity index (χ3n) is 10.0. The summed E-state index contributed by atoms with van der Waals surface area (Å²) < 4.78 is 32.8. The molecule has 0 aliphatic rings. The molecule has 0 aromatic carbocycles. The highest BCUT2D eigenvalue weighted by Gasteiger charge is 2.26. The predicted molar refractivity (Wildman–Crippen MR) is 238 cm³/mol. The number of carbonyl (C=O) groups is 2. The van der Waals surface area contributed by atoms with Gasteiger partial charge in [0.2, 0.25) is 0 Å². The molecule has 0 aliphatic carbocycles. The van der Waals surface area contributed by atoms with Crippen LogP contribution in [0.5, 0.6) is 0 Å². The average molecular weight is 826 g/mol. The highest BCUT2D eigenvalue weighted by molar-refractivity contribution is 7.47. The number of allylic oxidation sites excluding steroid dienone is 6. The SMILES string of the molecule is CCCCCC/C=C/C=C/CCCCCCCC(=O)O[C@@H](COC(=O)CCCCCCCCCCCCC/C=C/CCCCCCCC)COP(=O)(O)OCCN. The quantitative estimate of drug-likeness (QED) is 0.0202. The van der Waals surface area contributed by atoms with E-state index in [0.717, 1.165) is 57.8 Å². The van der Waals surface area contributed by atoms with Gasteiger partial charge in [-0.1, -0.05) is 179 Å². The molecule has 0 radical (unpaired) electrons. The van der Waals surface area contributed by atoms with Crippen LogP contribution in [0.1, 0.15) is 219 Å². The molecule has 0 bridgehead atoms. The second-order valence-electron chi connectivity index (χ2n) is 15.6. The Kier molecular flexibility index (Phi) is 42.4. The summed E-state index contributed by atoms with van der Waals surface area (Å²) in [4.78, 5) is 34.9. The molecule has 0 aromatic heterocycles. The lowest BCUT2D eigenvalue weighted by molar-refractivity contribution is -0.161. The van der Waals surface area contributed by atoms with E-state index in [1.807, 2.05) is 0 Å². The molecule has 1 unspecified atom stereocenters. The van der Waals surface area contributed by atoms with Gasteiger partial charge in [-0.05, 0) is 64.2 Å². The van der Waals surface area contributed by atoms with Crippen LogP contribution in [0.3, 0.4) is 0 Å². The number of ether oxygens (including phenoxy) is 2. The summed E-state index contributed by atoms with van der Waals surface area (Å²) in [6, 6.07) is 0. The molecular formula is C47H88NO8P. The van der Waals surface area contributed by atoms with Crippen molar-refractivity contribution in [2.75, 3.05) is 26.4 Å². The van der Waals surface area contributed by atoms with Gasteiger partial charge in [0.25, 0.3) is 0 Å². The lowest BCUT2D eigenvalue weighted by Crippen LogP contribution is -2.29. The maximum Gasteiger partial charge on any atom is 0.472 e. The zero-order valence-electron chi connectivity index (χ0n) is 36.8. The summed E-state index contributed by atoms with van der Waals surface area (Å²) in [7, 11) is -4.38. The van der Waals surface area contributed by atoms with Crippen molar-refractivity contribution in [2.45, 2.75) is 225 Å². The molecule has 0 rings (SSSR count). The number of unbranched alkanes of at least 4 members (excludes halogenated alkanes) is 26. The summed E-state index contributed by atoms with van der Waals surface area (Å²) in [5, 5.41) is 0. The largest absolute Gasteiger partial charge is 0.472 e. The minimum atomic E-state index is -4.38. The van der Waals surface area contributed by atoms with Crippen LogP contribution in [0.2, 0.25) is 0 Å². The number of nitrogens with two attached hydrogens (primary N) is 1. The summed E-state index contributed by atoms with van der Waals surface area (Å²) in [5.74, 6) is -0.842. The van der Waals surface area contributed by atoms with Crippen molar-refractivity contribution in [2.24, 2.45) is 5.73 Å². The molecule has 0 aromatic rings. The van der Waals surface area contributed by atoms with Gasteiger partial charge in [-0.2, -0.15) is 0 Å². The lowest BCUT2D eigenvalue weighted by Gasteiger charge is -2.19. The molecule has 9 nitrogen and oxygen atoms in total. The molecule has 3 N–H and O–H groups in total. The van der Waals surface area contributed by atoms with Gasteiger partial charge in [0.1, 0.15) is 6.61 Å². The molecule has 0 amide bonds. The molecule has 57 heavy (non-hydrogen) atoms. The van der Waals surface area contributed by atoms with Crippen LogP contribution >= 0.6 is 7.82 Å². The fraction of sp³-hybridized carbons (Fsp3) is 0.830. The Hall–Kier alpha value is -1.77. The Bertz CT molecular complexity index is 1030. The van der Waals surface area contributed by atoms with E-state index >= 15 is 0 Å².